The van der Waals surface area contributed by atoms with E-state index in [0.29, 0.717) is 11.5 Å². The van der Waals surface area contributed by atoms with E-state index in [-0.39, 0.29) is 5.91 Å². The first-order chi connectivity index (χ1) is 9.95. The van der Waals surface area contributed by atoms with Gasteiger partial charge in [0, 0.05) is 18.1 Å². The molecule has 0 saturated heterocycles. The number of carbonyl (C=O) groups is 1. The smallest absolute Gasteiger partial charge is 0.235 e. The predicted octanol–water partition coefficient (Wildman–Crippen LogP) is 3.64. The summed E-state index contributed by atoms with van der Waals surface area (Å²) in [5.74, 6) is 0.0672. The van der Waals surface area contributed by atoms with E-state index in [1.807, 2.05) is 31.3 Å². The molecule has 114 valence electrons. The molecule has 1 aromatic carbocycles. The number of carbonyl (C=O) groups excluding carboxylic acids is 1. The molecule has 0 unspecified atom stereocenters. The van der Waals surface area contributed by atoms with Gasteiger partial charge in [-0.3, -0.25) is 4.79 Å². The Morgan fingerprint density at radius 1 is 1.29 bits per heavy atom. The lowest BCUT2D eigenvalue weighted by atomic mass is 9.73. The fourth-order valence-corrected chi connectivity index (χ4v) is 3.58. The quantitative estimate of drug-likeness (QED) is 0.825. The molecule has 0 heterocycles. The van der Waals surface area contributed by atoms with Crippen molar-refractivity contribution in [1.29, 1.82) is 0 Å². The summed E-state index contributed by atoms with van der Waals surface area (Å²) in [4.78, 5) is 15.0. The maximum Gasteiger partial charge on any atom is 0.235 e. The molecule has 0 aromatic heterocycles. The van der Waals surface area contributed by atoms with Crippen LogP contribution in [0.1, 0.15) is 37.7 Å². The number of nitrogens with two attached hydrogens (primary N) is 1. The lowest BCUT2D eigenvalue weighted by Crippen LogP contribution is -2.50. The summed E-state index contributed by atoms with van der Waals surface area (Å²) in [6.07, 6.45) is 4.77. The first-order valence-electron chi connectivity index (χ1n) is 7.25. The Labute approximate surface area is 140 Å². The van der Waals surface area contributed by atoms with Crippen LogP contribution in [0.25, 0.3) is 0 Å². The van der Waals surface area contributed by atoms with Crippen LogP contribution in [0.15, 0.2) is 28.7 Å². The van der Waals surface area contributed by atoms with Gasteiger partial charge in [0.15, 0.2) is 0 Å². The number of hydrogen-bond donors (Lipinski definition) is 1. The number of hydrogen-bond acceptors (Lipinski definition) is 2. The number of rotatable bonds is 4. The summed E-state index contributed by atoms with van der Waals surface area (Å²) < 4.78 is 1.03. The van der Waals surface area contributed by atoms with Crippen molar-refractivity contribution in [1.82, 2.24) is 4.90 Å². The Balaban J connectivity index is 2.13. The first kappa shape index (κ1) is 16.4. The van der Waals surface area contributed by atoms with E-state index in [2.05, 4.69) is 15.9 Å². The minimum absolute atomic E-state index is 0.0672. The zero-order valence-corrected chi connectivity index (χ0v) is 14.7. The van der Waals surface area contributed by atoms with Crippen molar-refractivity contribution in [3.63, 3.8) is 0 Å². The normalized spacial score (nSPS) is 17.2. The SMILES string of the molecule is CN(Cc1ccc(Br)cc1)C(=O)C1(C(N)=S)CCCCC1. The van der Waals surface area contributed by atoms with Crippen LogP contribution in [0.4, 0.5) is 0 Å². The van der Waals surface area contributed by atoms with Crippen molar-refractivity contribution in [2.75, 3.05) is 7.05 Å². The summed E-state index contributed by atoms with van der Waals surface area (Å²) in [5.41, 5.74) is 6.40. The monoisotopic (exact) mass is 368 g/mol. The standard InChI is InChI=1S/C16H21BrN2OS/c1-19(11-12-5-7-13(17)8-6-12)15(20)16(14(18)21)9-3-2-4-10-16/h5-8H,2-4,9-11H2,1H3,(H2,18,21). The first-order valence-corrected chi connectivity index (χ1v) is 8.46. The van der Waals surface area contributed by atoms with Gasteiger partial charge in [-0.25, -0.2) is 0 Å². The molecule has 0 aliphatic heterocycles. The third-order valence-corrected chi connectivity index (χ3v) is 5.19. The van der Waals surface area contributed by atoms with E-state index in [1.54, 1.807) is 4.90 Å². The third-order valence-electron chi connectivity index (χ3n) is 4.27. The number of benzene rings is 1. The van der Waals surface area contributed by atoms with Gasteiger partial charge in [-0.2, -0.15) is 0 Å². The molecule has 5 heteroatoms. The minimum Gasteiger partial charge on any atom is -0.392 e. The molecule has 2 N–H and O–H groups in total. The minimum atomic E-state index is -0.627. The molecule has 3 nitrogen and oxygen atoms in total. The zero-order chi connectivity index (χ0) is 15.5. The van der Waals surface area contributed by atoms with Gasteiger partial charge in [0.05, 0.1) is 10.4 Å². The van der Waals surface area contributed by atoms with Crippen LogP contribution in [0.5, 0.6) is 0 Å². The lowest BCUT2D eigenvalue weighted by Gasteiger charge is -2.37. The van der Waals surface area contributed by atoms with Gasteiger partial charge < -0.3 is 10.6 Å². The van der Waals surface area contributed by atoms with Crippen LogP contribution in [-0.2, 0) is 11.3 Å². The van der Waals surface area contributed by atoms with Crippen molar-refractivity contribution >= 4 is 39.0 Å². The summed E-state index contributed by atoms with van der Waals surface area (Å²) in [6.45, 7) is 0.580. The third kappa shape index (κ3) is 3.64. The van der Waals surface area contributed by atoms with Crippen LogP contribution < -0.4 is 5.73 Å². The second-order valence-electron chi connectivity index (χ2n) is 5.79. The van der Waals surface area contributed by atoms with Crippen LogP contribution in [-0.4, -0.2) is 22.8 Å². The Morgan fingerprint density at radius 2 is 1.86 bits per heavy atom. The molecule has 21 heavy (non-hydrogen) atoms. The highest BCUT2D eigenvalue weighted by Gasteiger charge is 2.43. The molecule has 0 spiro atoms. The van der Waals surface area contributed by atoms with Crippen LogP contribution >= 0.6 is 28.1 Å². The van der Waals surface area contributed by atoms with E-state index < -0.39 is 5.41 Å². The second kappa shape index (κ2) is 6.88. The molecule has 0 atom stereocenters. The van der Waals surface area contributed by atoms with Gasteiger partial charge in [0.1, 0.15) is 0 Å². The molecule has 0 bridgehead atoms. The average molecular weight is 369 g/mol. The van der Waals surface area contributed by atoms with Crippen LogP contribution in [0.3, 0.4) is 0 Å². The van der Waals surface area contributed by atoms with E-state index in [9.17, 15) is 4.79 Å². The molecule has 1 amide bonds. The Kier molecular flexibility index (Phi) is 5.38. The van der Waals surface area contributed by atoms with Crippen molar-refractivity contribution in [2.45, 2.75) is 38.6 Å². The second-order valence-corrected chi connectivity index (χ2v) is 7.15. The van der Waals surface area contributed by atoms with Gasteiger partial charge in [-0.05, 0) is 30.5 Å². The van der Waals surface area contributed by atoms with Gasteiger partial charge in [-0.15, -0.1) is 0 Å². The topological polar surface area (TPSA) is 46.3 Å². The molecular formula is C16H21BrN2OS. The fourth-order valence-electron chi connectivity index (χ4n) is 3.02. The Hall–Kier alpha value is -0.940. The van der Waals surface area contributed by atoms with E-state index in [0.717, 1.165) is 42.1 Å². The molecule has 1 aromatic rings. The average Bonchev–Trinajstić information content (AvgIpc) is 2.49. The molecule has 1 fully saturated rings. The van der Waals surface area contributed by atoms with Gasteiger partial charge in [-0.1, -0.05) is 59.5 Å². The highest BCUT2D eigenvalue weighted by atomic mass is 79.9. The Bertz CT molecular complexity index is 524. The number of halogens is 1. The van der Waals surface area contributed by atoms with Crippen molar-refractivity contribution < 1.29 is 4.79 Å². The lowest BCUT2D eigenvalue weighted by molar-refractivity contribution is -0.138. The number of amides is 1. The van der Waals surface area contributed by atoms with Gasteiger partial charge >= 0.3 is 0 Å². The molecule has 1 aliphatic rings. The summed E-state index contributed by atoms with van der Waals surface area (Å²) in [5, 5.41) is 0. The highest BCUT2D eigenvalue weighted by molar-refractivity contribution is 9.10. The molecule has 2 rings (SSSR count). The summed E-state index contributed by atoms with van der Waals surface area (Å²) >= 11 is 8.65. The zero-order valence-electron chi connectivity index (χ0n) is 12.3. The van der Waals surface area contributed by atoms with E-state index >= 15 is 0 Å². The van der Waals surface area contributed by atoms with Crippen molar-refractivity contribution in [2.24, 2.45) is 11.1 Å². The number of thiocarbonyl (C=S) groups is 1. The van der Waals surface area contributed by atoms with Gasteiger partial charge in [0.2, 0.25) is 5.91 Å². The summed E-state index contributed by atoms with van der Waals surface area (Å²) in [7, 11) is 1.83. The van der Waals surface area contributed by atoms with Crippen molar-refractivity contribution in [3.8, 4) is 0 Å². The van der Waals surface area contributed by atoms with Crippen LogP contribution in [0, 0.1) is 5.41 Å². The van der Waals surface area contributed by atoms with Crippen molar-refractivity contribution in [3.05, 3.63) is 34.3 Å². The predicted molar refractivity (Wildman–Crippen MR) is 92.9 cm³/mol. The Morgan fingerprint density at radius 3 is 2.38 bits per heavy atom. The number of nitrogens with zero attached hydrogens (tertiary/aromatic N) is 1. The van der Waals surface area contributed by atoms with Crippen LogP contribution in [0.2, 0.25) is 0 Å². The maximum absolute atomic E-state index is 12.9. The highest BCUT2D eigenvalue weighted by Crippen LogP contribution is 2.38. The molecule has 1 aliphatic carbocycles. The van der Waals surface area contributed by atoms with Gasteiger partial charge in [0.25, 0.3) is 0 Å². The van der Waals surface area contributed by atoms with E-state index in [1.165, 1.54) is 0 Å². The summed E-state index contributed by atoms with van der Waals surface area (Å²) in [6, 6.07) is 8.00. The molecule has 0 radical (unpaired) electrons. The maximum atomic E-state index is 12.9. The largest absolute Gasteiger partial charge is 0.392 e. The van der Waals surface area contributed by atoms with E-state index in [4.69, 9.17) is 18.0 Å². The molecule has 1 saturated carbocycles. The fraction of sp³-hybridized carbons (Fsp3) is 0.500. The molecular weight excluding hydrogens is 348 g/mol.